The maximum absolute atomic E-state index is 13.1. The molecule has 1 fully saturated rings. The lowest BCUT2D eigenvalue weighted by Crippen LogP contribution is -2.37. The van der Waals surface area contributed by atoms with Crippen molar-refractivity contribution < 1.29 is 32.6 Å². The first-order valence-corrected chi connectivity index (χ1v) is 10.2. The highest BCUT2D eigenvalue weighted by atomic mass is 19.3. The van der Waals surface area contributed by atoms with Gasteiger partial charge in [0.1, 0.15) is 11.3 Å². The molecule has 2 aliphatic rings. The highest BCUT2D eigenvalue weighted by Gasteiger charge is 2.52. The molecule has 0 bridgehead atoms. The summed E-state index contributed by atoms with van der Waals surface area (Å²) in [5.41, 5.74) is -0.406. The Labute approximate surface area is 175 Å². The van der Waals surface area contributed by atoms with Crippen molar-refractivity contribution in [1.29, 1.82) is 0 Å². The molecular weight excluding hydrogens is 394 g/mol. The summed E-state index contributed by atoms with van der Waals surface area (Å²) in [6.07, 6.45) is 3.64. The molecule has 1 aromatic rings. The van der Waals surface area contributed by atoms with Gasteiger partial charge in [0.2, 0.25) is 0 Å². The Kier molecular flexibility index (Phi) is 5.94. The van der Waals surface area contributed by atoms with Crippen LogP contribution in [0.15, 0.2) is 17.9 Å². The summed E-state index contributed by atoms with van der Waals surface area (Å²) in [6.45, 7) is 5.53. The third-order valence-electron chi connectivity index (χ3n) is 5.51. The molecule has 0 saturated heterocycles. The number of carbonyl (C=O) groups excluding carboxylic acids is 2. The lowest BCUT2D eigenvalue weighted by Gasteiger charge is -2.34. The van der Waals surface area contributed by atoms with Gasteiger partial charge in [-0.3, -0.25) is 4.79 Å². The predicted octanol–water partition coefficient (Wildman–Crippen LogP) is 5.46. The Morgan fingerprint density at radius 2 is 1.77 bits per heavy atom. The molecule has 30 heavy (non-hydrogen) atoms. The van der Waals surface area contributed by atoms with Crippen molar-refractivity contribution in [2.24, 2.45) is 5.41 Å². The molecule has 164 valence electrons. The second-order valence-electron chi connectivity index (χ2n) is 9.12. The van der Waals surface area contributed by atoms with Gasteiger partial charge in [0, 0.05) is 5.56 Å². The summed E-state index contributed by atoms with van der Waals surface area (Å²) in [5.74, 6) is -1.20. The molecule has 1 heterocycles. The number of alkyl halides is 2. The lowest BCUT2D eigenvalue weighted by atomic mass is 9.81. The van der Waals surface area contributed by atoms with E-state index in [2.05, 4.69) is 0 Å². The van der Waals surface area contributed by atoms with E-state index in [-0.39, 0.29) is 22.6 Å². The van der Waals surface area contributed by atoms with Crippen LogP contribution in [0.25, 0.3) is 5.57 Å². The monoisotopic (exact) mass is 422 g/mol. The van der Waals surface area contributed by atoms with Crippen LogP contribution in [0.2, 0.25) is 0 Å². The highest BCUT2D eigenvalue weighted by Crippen LogP contribution is 2.49. The molecule has 7 heteroatoms. The molecule has 1 spiro atoms. The van der Waals surface area contributed by atoms with E-state index in [0.29, 0.717) is 24.0 Å². The zero-order valence-electron chi connectivity index (χ0n) is 18.1. The summed E-state index contributed by atoms with van der Waals surface area (Å²) in [7, 11) is 0. The first-order chi connectivity index (χ1) is 13.9. The first kappa shape index (κ1) is 22.2. The van der Waals surface area contributed by atoms with Crippen LogP contribution in [0.3, 0.4) is 0 Å². The fraction of sp³-hybridized carbons (Fsp3) is 0.565. The van der Waals surface area contributed by atoms with Crippen LogP contribution in [0.5, 0.6) is 5.75 Å². The van der Waals surface area contributed by atoms with E-state index in [0.717, 1.165) is 19.3 Å². The van der Waals surface area contributed by atoms with Crippen molar-refractivity contribution in [2.45, 2.75) is 78.9 Å². The number of hydrogen-bond donors (Lipinski definition) is 0. The van der Waals surface area contributed by atoms with Crippen LogP contribution >= 0.6 is 0 Å². The summed E-state index contributed by atoms with van der Waals surface area (Å²) in [5, 5.41) is 0. The van der Waals surface area contributed by atoms with E-state index < -0.39 is 29.6 Å². The Balaban J connectivity index is 2.24. The molecule has 1 aliphatic carbocycles. The number of aryl methyl sites for hydroxylation is 2. The number of hydrogen-bond acceptors (Lipinski definition) is 5. The molecule has 0 N–H and O–H groups in total. The number of rotatable bonds is 4. The van der Waals surface area contributed by atoms with Crippen molar-refractivity contribution >= 4 is 17.5 Å². The maximum Gasteiger partial charge on any atom is 0.387 e. The maximum atomic E-state index is 13.1. The van der Waals surface area contributed by atoms with Gasteiger partial charge in [0.25, 0.3) is 0 Å². The molecule has 0 aromatic heterocycles. The Hall–Kier alpha value is -2.44. The zero-order valence-corrected chi connectivity index (χ0v) is 18.1. The van der Waals surface area contributed by atoms with Crippen LogP contribution in [0, 0.1) is 19.3 Å². The summed E-state index contributed by atoms with van der Waals surface area (Å²) < 4.78 is 42.6. The average Bonchev–Trinajstić information content (AvgIpc) is 2.85. The zero-order chi connectivity index (χ0) is 22.3. The minimum absolute atomic E-state index is 0.00245. The van der Waals surface area contributed by atoms with Crippen molar-refractivity contribution in [1.82, 2.24) is 0 Å². The molecule has 0 atom stereocenters. The Bertz CT molecular complexity index is 890. The molecule has 0 amide bonds. The minimum atomic E-state index is -3.06. The van der Waals surface area contributed by atoms with E-state index in [1.165, 1.54) is 6.07 Å². The van der Waals surface area contributed by atoms with Crippen molar-refractivity contribution in [3.05, 3.63) is 34.6 Å². The normalized spacial score (nSPS) is 18.7. The van der Waals surface area contributed by atoms with Crippen LogP contribution in [0.1, 0.15) is 69.6 Å². The third kappa shape index (κ3) is 4.20. The molecule has 0 radical (unpaired) electrons. The molecular formula is C23H28F2O5. The van der Waals surface area contributed by atoms with Crippen LogP contribution < -0.4 is 4.74 Å². The van der Waals surface area contributed by atoms with Gasteiger partial charge in [-0.05, 0) is 77.5 Å². The number of benzene rings is 1. The van der Waals surface area contributed by atoms with Crippen LogP contribution in [0.4, 0.5) is 8.78 Å². The second kappa shape index (κ2) is 8.00. The van der Waals surface area contributed by atoms with Gasteiger partial charge < -0.3 is 14.2 Å². The van der Waals surface area contributed by atoms with Crippen molar-refractivity contribution in [2.75, 3.05) is 0 Å². The lowest BCUT2D eigenvalue weighted by molar-refractivity contribution is -0.159. The third-order valence-corrected chi connectivity index (χ3v) is 5.51. The topological polar surface area (TPSA) is 61.8 Å². The number of ether oxygens (including phenoxy) is 3. The smallest absolute Gasteiger partial charge is 0.387 e. The molecule has 1 aliphatic heterocycles. The minimum Gasteiger partial charge on any atom is -0.447 e. The Morgan fingerprint density at radius 1 is 1.13 bits per heavy atom. The fourth-order valence-electron chi connectivity index (χ4n) is 4.09. The number of carbonyl (C=O) groups is 2. The highest BCUT2D eigenvalue weighted by molar-refractivity contribution is 6.21. The van der Waals surface area contributed by atoms with Gasteiger partial charge in [-0.15, -0.1) is 0 Å². The van der Waals surface area contributed by atoms with Gasteiger partial charge in [0.05, 0.1) is 5.41 Å². The van der Waals surface area contributed by atoms with Crippen molar-refractivity contribution in [3.63, 3.8) is 0 Å². The van der Waals surface area contributed by atoms with E-state index >= 15 is 0 Å². The van der Waals surface area contributed by atoms with Gasteiger partial charge in [0.15, 0.2) is 11.4 Å². The van der Waals surface area contributed by atoms with E-state index in [1.54, 1.807) is 40.7 Å². The van der Waals surface area contributed by atoms with Gasteiger partial charge in [-0.25, -0.2) is 4.79 Å². The SMILES string of the molecule is Cc1cc(C)c(C2=C(OC(=O)C(C)(C)C)C3(CCCCC3)OC2=O)c(OC(F)F)c1. The first-order valence-electron chi connectivity index (χ1n) is 10.2. The van der Waals surface area contributed by atoms with Crippen LogP contribution in [-0.2, 0) is 19.1 Å². The van der Waals surface area contributed by atoms with Crippen molar-refractivity contribution in [3.8, 4) is 5.75 Å². The molecule has 0 unspecified atom stereocenters. The average molecular weight is 422 g/mol. The van der Waals surface area contributed by atoms with E-state index in [9.17, 15) is 18.4 Å². The van der Waals surface area contributed by atoms with Gasteiger partial charge in [-0.1, -0.05) is 12.5 Å². The largest absolute Gasteiger partial charge is 0.447 e. The number of halogens is 2. The Morgan fingerprint density at radius 3 is 2.33 bits per heavy atom. The standard InChI is InChI=1S/C23H28F2O5/c1-13-11-14(2)16(15(12-13)28-21(24)25)17-18(29-20(27)22(3,4)5)23(30-19(17)26)9-7-6-8-10-23/h11-12,21H,6-10H2,1-5H3. The van der Waals surface area contributed by atoms with E-state index in [4.69, 9.17) is 14.2 Å². The number of esters is 2. The summed E-state index contributed by atoms with van der Waals surface area (Å²) in [6, 6.07) is 3.22. The quantitative estimate of drug-likeness (QED) is 0.603. The second-order valence-corrected chi connectivity index (χ2v) is 9.12. The fourth-order valence-corrected chi connectivity index (χ4v) is 4.09. The molecule has 5 nitrogen and oxygen atoms in total. The molecule has 1 saturated carbocycles. The molecule has 3 rings (SSSR count). The summed E-state index contributed by atoms with van der Waals surface area (Å²) in [4.78, 5) is 25.8. The summed E-state index contributed by atoms with van der Waals surface area (Å²) >= 11 is 0. The van der Waals surface area contributed by atoms with Gasteiger partial charge in [-0.2, -0.15) is 8.78 Å². The van der Waals surface area contributed by atoms with Crippen LogP contribution in [-0.4, -0.2) is 24.2 Å². The van der Waals surface area contributed by atoms with E-state index in [1.807, 2.05) is 0 Å². The predicted molar refractivity (Wildman–Crippen MR) is 107 cm³/mol. The molecule has 1 aromatic carbocycles. The van der Waals surface area contributed by atoms with Gasteiger partial charge >= 0.3 is 18.6 Å².